The second-order valence-corrected chi connectivity index (χ2v) is 4.56. The van der Waals surface area contributed by atoms with E-state index in [4.69, 9.17) is 4.74 Å². The molecule has 0 spiro atoms. The van der Waals surface area contributed by atoms with E-state index in [1.165, 1.54) is 5.69 Å². The highest BCUT2D eigenvalue weighted by Crippen LogP contribution is 2.23. The van der Waals surface area contributed by atoms with Crippen LogP contribution in [0.15, 0.2) is 24.3 Å². The monoisotopic (exact) mass is 220 g/mol. The minimum atomic E-state index is 0.121. The molecule has 0 aliphatic carbocycles. The number of nitrogens with zero attached hydrogens (tertiary/aromatic N) is 1. The van der Waals surface area contributed by atoms with Crippen molar-refractivity contribution in [2.75, 3.05) is 33.4 Å². The fourth-order valence-electron chi connectivity index (χ4n) is 2.06. The number of carbonyl (C=O) groups excluding carboxylic acids is 1. The van der Waals surface area contributed by atoms with Gasteiger partial charge in [0.05, 0.1) is 20.3 Å². The number of carbonyl (C=O) groups is 1. The molecule has 1 aliphatic heterocycles. The van der Waals surface area contributed by atoms with Crippen molar-refractivity contribution >= 4 is 11.5 Å². The fourth-order valence-corrected chi connectivity index (χ4v) is 2.06. The molecule has 0 radical (unpaired) electrons. The van der Waals surface area contributed by atoms with Crippen molar-refractivity contribution in [2.45, 2.75) is 6.92 Å². The van der Waals surface area contributed by atoms with Crippen molar-refractivity contribution in [1.82, 2.24) is 4.48 Å². The summed E-state index contributed by atoms with van der Waals surface area (Å²) in [6, 6.07) is 7.94. The van der Waals surface area contributed by atoms with Crippen LogP contribution in [0.1, 0.15) is 17.3 Å². The molecule has 0 amide bonds. The molecule has 1 aliphatic rings. The predicted octanol–water partition coefficient (Wildman–Crippen LogP) is 1.86. The van der Waals surface area contributed by atoms with Crippen molar-refractivity contribution in [3.8, 4) is 0 Å². The van der Waals surface area contributed by atoms with E-state index in [0.29, 0.717) is 0 Å². The molecule has 0 unspecified atom stereocenters. The van der Waals surface area contributed by atoms with Gasteiger partial charge in [-0.15, -0.1) is 0 Å². The third-order valence-electron chi connectivity index (χ3n) is 3.36. The summed E-state index contributed by atoms with van der Waals surface area (Å²) >= 11 is 0. The van der Waals surface area contributed by atoms with Gasteiger partial charge in [0.25, 0.3) is 0 Å². The van der Waals surface area contributed by atoms with E-state index >= 15 is 0 Å². The summed E-state index contributed by atoms with van der Waals surface area (Å²) in [4.78, 5) is 11.2. The van der Waals surface area contributed by atoms with E-state index in [1.807, 2.05) is 12.1 Å². The Labute approximate surface area is 96.2 Å². The molecule has 2 rings (SSSR count). The molecule has 1 fully saturated rings. The molecule has 3 heteroatoms. The average molecular weight is 220 g/mol. The second-order valence-electron chi connectivity index (χ2n) is 4.56. The normalized spacial score (nSPS) is 19.4. The molecule has 1 aromatic rings. The van der Waals surface area contributed by atoms with Crippen LogP contribution in [0.25, 0.3) is 0 Å². The molecule has 86 valence electrons. The Bertz CT molecular complexity index is 377. The Morgan fingerprint density at radius 2 is 1.75 bits per heavy atom. The Hall–Kier alpha value is -1.19. The molecule has 0 saturated carbocycles. The van der Waals surface area contributed by atoms with E-state index in [1.54, 1.807) is 6.92 Å². The van der Waals surface area contributed by atoms with Gasteiger partial charge in [-0.1, -0.05) is 0 Å². The zero-order valence-electron chi connectivity index (χ0n) is 9.90. The lowest BCUT2D eigenvalue weighted by Crippen LogP contribution is -2.53. The molecule has 16 heavy (non-hydrogen) atoms. The minimum absolute atomic E-state index is 0.121. The van der Waals surface area contributed by atoms with Gasteiger partial charge >= 0.3 is 0 Å². The number of rotatable bonds is 2. The van der Waals surface area contributed by atoms with Crippen LogP contribution in [0.2, 0.25) is 0 Å². The number of hydrogen-bond donors (Lipinski definition) is 0. The van der Waals surface area contributed by atoms with Gasteiger partial charge in [-0.3, -0.25) is 9.28 Å². The van der Waals surface area contributed by atoms with Gasteiger partial charge in [-0.25, -0.2) is 0 Å². The topological polar surface area (TPSA) is 26.3 Å². The van der Waals surface area contributed by atoms with Crippen LogP contribution < -0.4 is 4.48 Å². The van der Waals surface area contributed by atoms with Crippen molar-refractivity contribution in [1.29, 1.82) is 0 Å². The first kappa shape index (κ1) is 11.3. The summed E-state index contributed by atoms with van der Waals surface area (Å²) in [7, 11) is 2.21. The van der Waals surface area contributed by atoms with Crippen LogP contribution in [0.5, 0.6) is 0 Å². The molecule has 1 aromatic carbocycles. The maximum absolute atomic E-state index is 11.2. The molecule has 0 aromatic heterocycles. The molecular formula is C13H18NO2+. The smallest absolute Gasteiger partial charge is 0.159 e. The summed E-state index contributed by atoms with van der Waals surface area (Å²) in [5.41, 5.74) is 2.04. The largest absolute Gasteiger partial charge is 0.370 e. The molecule has 1 heterocycles. The van der Waals surface area contributed by atoms with E-state index in [0.717, 1.165) is 36.3 Å². The van der Waals surface area contributed by atoms with Gasteiger partial charge in [-0.2, -0.15) is 0 Å². The molecule has 0 atom stereocenters. The lowest BCUT2D eigenvalue weighted by atomic mass is 10.1. The first-order valence-corrected chi connectivity index (χ1v) is 5.66. The van der Waals surface area contributed by atoms with Crippen LogP contribution in [-0.4, -0.2) is 39.1 Å². The van der Waals surface area contributed by atoms with E-state index in [2.05, 4.69) is 19.2 Å². The maximum Gasteiger partial charge on any atom is 0.159 e. The van der Waals surface area contributed by atoms with Gasteiger partial charge < -0.3 is 4.74 Å². The number of likely N-dealkylation sites (N-methyl/N-ethyl adjacent to an activating group) is 1. The third kappa shape index (κ3) is 2.15. The maximum atomic E-state index is 11.2. The summed E-state index contributed by atoms with van der Waals surface area (Å²) in [5.74, 6) is 0.121. The molecule has 3 nitrogen and oxygen atoms in total. The van der Waals surface area contributed by atoms with Crippen LogP contribution in [0, 0.1) is 0 Å². The van der Waals surface area contributed by atoms with Crippen LogP contribution >= 0.6 is 0 Å². The minimum Gasteiger partial charge on any atom is -0.370 e. The first-order valence-electron chi connectivity index (χ1n) is 5.66. The van der Waals surface area contributed by atoms with E-state index in [9.17, 15) is 4.79 Å². The van der Waals surface area contributed by atoms with Crippen LogP contribution in [0.4, 0.5) is 5.69 Å². The van der Waals surface area contributed by atoms with Crippen molar-refractivity contribution in [3.63, 3.8) is 0 Å². The Morgan fingerprint density at radius 1 is 1.19 bits per heavy atom. The summed E-state index contributed by atoms with van der Waals surface area (Å²) in [6.45, 7) is 5.22. The first-order chi connectivity index (χ1) is 7.62. The predicted molar refractivity (Wildman–Crippen MR) is 64.7 cm³/mol. The highest BCUT2D eigenvalue weighted by Gasteiger charge is 2.27. The number of hydrogen-bond acceptors (Lipinski definition) is 2. The standard InChI is InChI=1S/C13H18NO2/c1-11(15)12-3-5-13(6-4-12)14(2)7-9-16-10-8-14/h3-6H,7-10H2,1-2H3/q+1. The fraction of sp³-hybridized carbons (Fsp3) is 0.462. The quantitative estimate of drug-likeness (QED) is 0.561. The highest BCUT2D eigenvalue weighted by molar-refractivity contribution is 5.94. The van der Waals surface area contributed by atoms with Gasteiger partial charge in [-0.05, 0) is 31.2 Å². The zero-order valence-corrected chi connectivity index (χ0v) is 9.90. The number of ketones is 1. The number of morpholine rings is 1. The number of quaternary nitrogens is 1. The van der Waals surface area contributed by atoms with Crippen molar-refractivity contribution in [3.05, 3.63) is 29.8 Å². The van der Waals surface area contributed by atoms with Crippen molar-refractivity contribution < 1.29 is 9.53 Å². The van der Waals surface area contributed by atoms with Gasteiger partial charge in [0.2, 0.25) is 0 Å². The van der Waals surface area contributed by atoms with Gasteiger partial charge in [0.1, 0.15) is 18.8 Å². The van der Waals surface area contributed by atoms with E-state index in [-0.39, 0.29) is 5.78 Å². The lowest BCUT2D eigenvalue weighted by Gasteiger charge is -2.37. The summed E-state index contributed by atoms with van der Waals surface area (Å²) in [5, 5.41) is 0. The van der Waals surface area contributed by atoms with E-state index < -0.39 is 0 Å². The molecule has 0 bridgehead atoms. The third-order valence-corrected chi connectivity index (χ3v) is 3.36. The van der Waals surface area contributed by atoms with Gasteiger partial charge in [0.15, 0.2) is 5.78 Å². The van der Waals surface area contributed by atoms with Crippen LogP contribution in [0.3, 0.4) is 0 Å². The average Bonchev–Trinajstić information content (AvgIpc) is 2.30. The number of Topliss-reactive ketones (excluding diaryl/α,β-unsaturated/α-hetero) is 1. The summed E-state index contributed by atoms with van der Waals surface area (Å²) < 4.78 is 6.28. The zero-order chi connectivity index (χ0) is 11.6. The SMILES string of the molecule is CC(=O)c1ccc([N+]2(C)CCOCC2)cc1. The second kappa shape index (κ2) is 4.36. The Kier molecular flexibility index (Phi) is 3.08. The lowest BCUT2D eigenvalue weighted by molar-refractivity contribution is 0.0526. The van der Waals surface area contributed by atoms with Gasteiger partial charge in [0, 0.05) is 5.56 Å². The summed E-state index contributed by atoms with van der Waals surface area (Å²) in [6.07, 6.45) is 0. The Balaban J connectivity index is 2.23. The molecule has 1 saturated heterocycles. The van der Waals surface area contributed by atoms with Crippen molar-refractivity contribution in [2.24, 2.45) is 0 Å². The number of ether oxygens (including phenoxy) is 1. The molecule has 0 N–H and O–H groups in total. The number of benzene rings is 1. The highest BCUT2D eigenvalue weighted by atomic mass is 16.5. The van der Waals surface area contributed by atoms with Crippen LogP contribution in [-0.2, 0) is 4.74 Å². The Morgan fingerprint density at radius 3 is 2.25 bits per heavy atom. The molecular weight excluding hydrogens is 202 g/mol.